The number of anilines is 1. The Kier molecular flexibility index (Phi) is 4.18. The smallest absolute Gasteiger partial charge is 0.214 e. The summed E-state index contributed by atoms with van der Waals surface area (Å²) in [5.74, 6) is 1.66. The Hall–Kier alpha value is -3.44. The highest BCUT2D eigenvalue weighted by atomic mass is 35.5. The number of halogens is 1. The lowest BCUT2D eigenvalue weighted by molar-refractivity contribution is 0.704. The first-order chi connectivity index (χ1) is 15.2. The summed E-state index contributed by atoms with van der Waals surface area (Å²) in [5, 5.41) is 10.8. The van der Waals surface area contributed by atoms with Crippen LogP contribution in [-0.4, -0.2) is 26.1 Å². The van der Waals surface area contributed by atoms with Gasteiger partial charge in [0.2, 0.25) is 5.95 Å². The minimum atomic E-state index is 0.665. The second-order valence-corrected chi connectivity index (χ2v) is 8.45. The van der Waals surface area contributed by atoms with Gasteiger partial charge in [0.25, 0.3) is 0 Å². The van der Waals surface area contributed by atoms with Gasteiger partial charge in [0.1, 0.15) is 0 Å². The van der Waals surface area contributed by atoms with E-state index in [1.54, 1.807) is 0 Å². The van der Waals surface area contributed by atoms with E-state index in [9.17, 15) is 0 Å². The summed E-state index contributed by atoms with van der Waals surface area (Å²) in [6.45, 7) is 3.79. The molecule has 0 radical (unpaired) electrons. The lowest BCUT2D eigenvalue weighted by Crippen LogP contribution is -2.32. The third-order valence-electron chi connectivity index (χ3n) is 6.08. The molecule has 1 aliphatic heterocycles. The number of aryl methyl sites for hydroxylation is 1. The van der Waals surface area contributed by atoms with Gasteiger partial charge in [-0.25, -0.2) is 9.38 Å². The minimum absolute atomic E-state index is 0.665. The van der Waals surface area contributed by atoms with Gasteiger partial charge in [0.15, 0.2) is 11.5 Å². The van der Waals surface area contributed by atoms with Crippen molar-refractivity contribution in [3.8, 4) is 11.4 Å². The summed E-state index contributed by atoms with van der Waals surface area (Å²) in [6.07, 6.45) is 0.981. The lowest BCUT2D eigenvalue weighted by atomic mass is 10.0. The first kappa shape index (κ1) is 18.3. The molecule has 6 rings (SSSR count). The Balaban J connectivity index is 1.63. The van der Waals surface area contributed by atoms with E-state index < -0.39 is 0 Å². The Labute approximate surface area is 184 Å². The molecule has 0 unspecified atom stereocenters. The minimum Gasteiger partial charge on any atom is -0.337 e. The van der Waals surface area contributed by atoms with Crippen molar-refractivity contribution < 1.29 is 0 Å². The molecule has 6 heteroatoms. The molecule has 0 spiro atoms. The molecule has 0 saturated heterocycles. The van der Waals surface area contributed by atoms with Gasteiger partial charge in [0.05, 0.1) is 5.52 Å². The number of benzene rings is 3. The predicted molar refractivity (Wildman–Crippen MR) is 125 cm³/mol. The molecule has 0 atom stereocenters. The van der Waals surface area contributed by atoms with Gasteiger partial charge < -0.3 is 4.90 Å². The van der Waals surface area contributed by atoms with Crippen LogP contribution in [0, 0.1) is 6.92 Å². The standard InChI is InChI=1S/C25H20ClN5/c1-16-6-2-5-9-20(16)23-28-29-24-21-11-10-19(26)14-22(21)27-25(31(23)24)30-13-12-17-7-3-4-8-18(17)15-30/h2-11,14H,12-13,15H2,1H3. The van der Waals surface area contributed by atoms with Crippen molar-refractivity contribution in [2.75, 3.05) is 11.4 Å². The predicted octanol–water partition coefficient (Wildman–Crippen LogP) is 5.47. The van der Waals surface area contributed by atoms with Crippen molar-refractivity contribution in [2.24, 2.45) is 0 Å². The molecule has 5 nitrogen and oxygen atoms in total. The summed E-state index contributed by atoms with van der Waals surface area (Å²) < 4.78 is 2.10. The Morgan fingerprint density at radius 1 is 0.903 bits per heavy atom. The normalized spacial score (nSPS) is 13.7. The summed E-state index contributed by atoms with van der Waals surface area (Å²) in [6, 6.07) is 22.7. The van der Waals surface area contributed by atoms with E-state index in [4.69, 9.17) is 16.6 Å². The van der Waals surface area contributed by atoms with Crippen LogP contribution >= 0.6 is 11.6 Å². The van der Waals surface area contributed by atoms with E-state index in [-0.39, 0.29) is 0 Å². The summed E-state index contributed by atoms with van der Waals surface area (Å²) in [4.78, 5) is 7.39. The number of aromatic nitrogens is 4. The monoisotopic (exact) mass is 425 g/mol. The maximum Gasteiger partial charge on any atom is 0.214 e. The number of hydrogen-bond acceptors (Lipinski definition) is 4. The second-order valence-electron chi connectivity index (χ2n) is 8.01. The quantitative estimate of drug-likeness (QED) is 0.376. The van der Waals surface area contributed by atoms with Gasteiger partial charge in [0, 0.05) is 29.1 Å². The molecule has 0 N–H and O–H groups in total. The zero-order valence-corrected chi connectivity index (χ0v) is 17.8. The van der Waals surface area contributed by atoms with Crippen molar-refractivity contribution in [1.82, 2.24) is 19.6 Å². The summed E-state index contributed by atoms with van der Waals surface area (Å²) in [7, 11) is 0. The molecule has 0 aliphatic carbocycles. The Bertz CT molecular complexity index is 1460. The average Bonchev–Trinajstić information content (AvgIpc) is 3.23. The van der Waals surface area contributed by atoms with Crippen LogP contribution in [0.2, 0.25) is 5.02 Å². The SMILES string of the molecule is Cc1ccccc1-c1nnc2c3ccc(Cl)cc3nc(N3CCc4ccccc4C3)n12. The molecule has 1 aliphatic rings. The summed E-state index contributed by atoms with van der Waals surface area (Å²) >= 11 is 6.30. The van der Waals surface area contributed by atoms with Gasteiger partial charge in [-0.3, -0.25) is 0 Å². The van der Waals surface area contributed by atoms with Crippen LogP contribution in [0.4, 0.5) is 5.95 Å². The van der Waals surface area contributed by atoms with Crippen LogP contribution in [0.3, 0.4) is 0 Å². The highest BCUT2D eigenvalue weighted by molar-refractivity contribution is 6.31. The summed E-state index contributed by atoms with van der Waals surface area (Å²) in [5.41, 5.74) is 6.58. The number of hydrogen-bond donors (Lipinski definition) is 0. The zero-order chi connectivity index (χ0) is 20.9. The van der Waals surface area contributed by atoms with Gasteiger partial charge in [-0.05, 0) is 48.2 Å². The van der Waals surface area contributed by atoms with E-state index in [1.165, 1.54) is 11.1 Å². The zero-order valence-electron chi connectivity index (χ0n) is 17.1. The van der Waals surface area contributed by atoms with E-state index in [0.29, 0.717) is 5.02 Å². The molecule has 0 fully saturated rings. The van der Waals surface area contributed by atoms with Crippen LogP contribution in [-0.2, 0) is 13.0 Å². The van der Waals surface area contributed by atoms with Crippen LogP contribution in [0.15, 0.2) is 66.7 Å². The third kappa shape index (κ3) is 2.96. The van der Waals surface area contributed by atoms with E-state index in [2.05, 4.69) is 62.8 Å². The lowest BCUT2D eigenvalue weighted by Gasteiger charge is -2.30. The topological polar surface area (TPSA) is 46.3 Å². The Morgan fingerprint density at radius 3 is 2.58 bits per heavy atom. The maximum absolute atomic E-state index is 6.30. The van der Waals surface area contributed by atoms with Gasteiger partial charge >= 0.3 is 0 Å². The highest BCUT2D eigenvalue weighted by Crippen LogP contribution is 2.32. The Morgan fingerprint density at radius 2 is 1.71 bits per heavy atom. The fraction of sp³-hybridized carbons (Fsp3) is 0.160. The van der Waals surface area contributed by atoms with Crippen LogP contribution in [0.1, 0.15) is 16.7 Å². The molecule has 0 amide bonds. The van der Waals surface area contributed by atoms with Gasteiger partial charge in [-0.15, -0.1) is 10.2 Å². The molecule has 31 heavy (non-hydrogen) atoms. The van der Waals surface area contributed by atoms with Crippen molar-refractivity contribution in [2.45, 2.75) is 19.9 Å². The van der Waals surface area contributed by atoms with Crippen molar-refractivity contribution in [3.05, 3.63) is 88.4 Å². The molecule has 2 aromatic heterocycles. The molecule has 0 bridgehead atoms. The number of rotatable bonds is 2. The molecular formula is C25H20ClN5. The molecule has 5 aromatic rings. The number of nitrogens with zero attached hydrogens (tertiary/aromatic N) is 5. The molecule has 3 heterocycles. The highest BCUT2D eigenvalue weighted by Gasteiger charge is 2.24. The van der Waals surface area contributed by atoms with Crippen LogP contribution < -0.4 is 4.90 Å². The fourth-order valence-electron chi connectivity index (χ4n) is 4.47. The fourth-order valence-corrected chi connectivity index (χ4v) is 4.64. The second kappa shape index (κ2) is 7.06. The van der Waals surface area contributed by atoms with Crippen molar-refractivity contribution in [3.63, 3.8) is 0 Å². The van der Waals surface area contributed by atoms with E-state index in [1.807, 2.05) is 30.3 Å². The first-order valence-electron chi connectivity index (χ1n) is 10.4. The molecule has 3 aromatic carbocycles. The average molecular weight is 426 g/mol. The van der Waals surface area contributed by atoms with Crippen LogP contribution in [0.25, 0.3) is 27.9 Å². The van der Waals surface area contributed by atoms with Gasteiger partial charge in [-0.2, -0.15) is 0 Å². The number of fused-ring (bicyclic) bond motifs is 4. The van der Waals surface area contributed by atoms with Crippen LogP contribution in [0.5, 0.6) is 0 Å². The van der Waals surface area contributed by atoms with Crippen molar-refractivity contribution in [1.29, 1.82) is 0 Å². The van der Waals surface area contributed by atoms with Gasteiger partial charge in [-0.1, -0.05) is 60.1 Å². The maximum atomic E-state index is 6.30. The molecule has 152 valence electrons. The first-order valence-corrected chi connectivity index (χ1v) is 10.8. The molecular weight excluding hydrogens is 406 g/mol. The third-order valence-corrected chi connectivity index (χ3v) is 6.32. The molecule has 0 saturated carbocycles. The largest absolute Gasteiger partial charge is 0.337 e. The van der Waals surface area contributed by atoms with E-state index >= 15 is 0 Å². The van der Waals surface area contributed by atoms with E-state index in [0.717, 1.165) is 59.0 Å². The van der Waals surface area contributed by atoms with Crippen molar-refractivity contribution >= 4 is 34.1 Å².